The van der Waals surface area contributed by atoms with Gasteiger partial charge in [0.2, 0.25) is 0 Å². The van der Waals surface area contributed by atoms with Gasteiger partial charge in [0.1, 0.15) is 0 Å². The summed E-state index contributed by atoms with van der Waals surface area (Å²) in [4.78, 5) is 2.59. The molecule has 0 aliphatic rings. The van der Waals surface area contributed by atoms with Crippen LogP contribution in [0.15, 0.2) is 46.7 Å². The first-order valence-corrected chi connectivity index (χ1v) is 6.55. The van der Waals surface area contributed by atoms with Gasteiger partial charge < -0.3 is 0 Å². The number of hydrogen-bond acceptors (Lipinski definition) is 1. The molecule has 0 aliphatic carbocycles. The summed E-state index contributed by atoms with van der Waals surface area (Å²) in [5, 5.41) is 0. The molecule has 82 valence electrons. The molecular formula is C14H20S. The lowest BCUT2D eigenvalue weighted by Crippen LogP contribution is -1.79. The normalized spacial score (nSPS) is 10.2. The van der Waals surface area contributed by atoms with E-state index in [4.69, 9.17) is 0 Å². The second-order valence-electron chi connectivity index (χ2n) is 3.76. The first-order valence-electron chi connectivity index (χ1n) is 5.73. The van der Waals surface area contributed by atoms with Crippen molar-refractivity contribution < 1.29 is 0 Å². The maximum atomic E-state index is 4.11. The van der Waals surface area contributed by atoms with E-state index in [2.05, 4.69) is 37.8 Å². The Balaban J connectivity index is 2.19. The van der Waals surface area contributed by atoms with E-state index in [0.29, 0.717) is 0 Å². The van der Waals surface area contributed by atoms with Crippen LogP contribution in [0.5, 0.6) is 0 Å². The zero-order chi connectivity index (χ0) is 10.9. The van der Waals surface area contributed by atoms with Crippen molar-refractivity contribution in [3.63, 3.8) is 0 Å². The minimum absolute atomic E-state index is 1.15. The lowest BCUT2D eigenvalue weighted by Gasteiger charge is -2.04. The van der Waals surface area contributed by atoms with Gasteiger partial charge in [0.05, 0.1) is 0 Å². The van der Waals surface area contributed by atoms with Gasteiger partial charge in [-0.25, -0.2) is 0 Å². The van der Waals surface area contributed by atoms with Crippen LogP contribution in [0, 0.1) is 0 Å². The van der Waals surface area contributed by atoms with Crippen LogP contribution < -0.4 is 0 Å². The number of benzene rings is 1. The molecule has 0 amide bonds. The van der Waals surface area contributed by atoms with Crippen molar-refractivity contribution in [1.82, 2.24) is 0 Å². The summed E-state index contributed by atoms with van der Waals surface area (Å²) in [7, 11) is 0. The van der Waals surface area contributed by atoms with Crippen molar-refractivity contribution in [2.75, 3.05) is 0 Å². The Morgan fingerprint density at radius 3 is 2.53 bits per heavy atom. The van der Waals surface area contributed by atoms with Gasteiger partial charge in [-0.15, -0.1) is 0 Å². The highest BCUT2D eigenvalue weighted by molar-refractivity contribution is 8.03. The van der Waals surface area contributed by atoms with Crippen LogP contribution in [-0.2, 0) is 0 Å². The van der Waals surface area contributed by atoms with E-state index in [0.717, 1.165) is 6.42 Å². The van der Waals surface area contributed by atoms with Crippen molar-refractivity contribution in [1.29, 1.82) is 0 Å². The minimum atomic E-state index is 1.15. The Hall–Kier alpha value is -0.690. The molecule has 0 atom stereocenters. The average Bonchev–Trinajstić information content (AvgIpc) is 2.26. The molecule has 1 heteroatoms. The zero-order valence-corrected chi connectivity index (χ0v) is 10.4. The fourth-order valence-corrected chi connectivity index (χ4v) is 2.33. The SMILES string of the molecule is C=C(CCCCCC)Sc1ccccc1. The molecule has 0 aliphatic heterocycles. The summed E-state index contributed by atoms with van der Waals surface area (Å²) in [6, 6.07) is 10.5. The molecule has 0 aromatic heterocycles. The van der Waals surface area contributed by atoms with Gasteiger partial charge >= 0.3 is 0 Å². The standard InChI is InChI=1S/C14H20S/c1-3-4-5-7-10-13(2)15-14-11-8-6-9-12-14/h6,8-9,11-12H,2-5,7,10H2,1H3. The maximum Gasteiger partial charge on any atom is 0.0118 e. The molecule has 0 radical (unpaired) electrons. The van der Waals surface area contributed by atoms with Crippen LogP contribution >= 0.6 is 11.8 Å². The van der Waals surface area contributed by atoms with Crippen molar-refractivity contribution in [3.05, 3.63) is 41.8 Å². The molecule has 0 bridgehead atoms. The van der Waals surface area contributed by atoms with Crippen molar-refractivity contribution >= 4 is 11.8 Å². The van der Waals surface area contributed by atoms with Gasteiger partial charge in [-0.3, -0.25) is 0 Å². The molecule has 0 fully saturated rings. The van der Waals surface area contributed by atoms with E-state index in [-0.39, 0.29) is 0 Å². The van der Waals surface area contributed by atoms with Crippen LogP contribution in [0.25, 0.3) is 0 Å². The van der Waals surface area contributed by atoms with Crippen molar-refractivity contribution in [3.8, 4) is 0 Å². The monoisotopic (exact) mass is 220 g/mol. The lowest BCUT2D eigenvalue weighted by atomic mass is 10.1. The average molecular weight is 220 g/mol. The van der Waals surface area contributed by atoms with Gasteiger partial charge in [0.15, 0.2) is 0 Å². The molecule has 0 nitrogen and oxygen atoms in total. The summed E-state index contributed by atoms with van der Waals surface area (Å²) in [5.41, 5.74) is 0. The Morgan fingerprint density at radius 2 is 1.87 bits per heavy atom. The summed E-state index contributed by atoms with van der Waals surface area (Å²) in [6.45, 7) is 6.35. The molecule has 0 saturated heterocycles. The Morgan fingerprint density at radius 1 is 1.13 bits per heavy atom. The van der Waals surface area contributed by atoms with Crippen LogP contribution in [-0.4, -0.2) is 0 Å². The lowest BCUT2D eigenvalue weighted by molar-refractivity contribution is 0.672. The molecule has 1 rings (SSSR count). The van der Waals surface area contributed by atoms with Crippen molar-refractivity contribution in [2.24, 2.45) is 0 Å². The van der Waals surface area contributed by atoms with Gasteiger partial charge in [-0.1, -0.05) is 62.7 Å². The fourth-order valence-electron chi connectivity index (χ4n) is 1.46. The third-order valence-electron chi connectivity index (χ3n) is 2.31. The highest BCUT2D eigenvalue weighted by Gasteiger charge is 1.97. The second kappa shape index (κ2) is 7.58. The van der Waals surface area contributed by atoms with Crippen LogP contribution in [0.2, 0.25) is 0 Å². The highest BCUT2D eigenvalue weighted by Crippen LogP contribution is 2.28. The third kappa shape index (κ3) is 5.68. The second-order valence-corrected chi connectivity index (χ2v) is 5.02. The summed E-state index contributed by atoms with van der Waals surface area (Å²) >= 11 is 1.81. The molecule has 15 heavy (non-hydrogen) atoms. The van der Waals surface area contributed by atoms with E-state index in [1.54, 1.807) is 0 Å². The van der Waals surface area contributed by atoms with Gasteiger partial charge in [0, 0.05) is 4.90 Å². The smallest absolute Gasteiger partial charge is 0.0118 e. The minimum Gasteiger partial charge on any atom is -0.0952 e. The largest absolute Gasteiger partial charge is 0.0952 e. The third-order valence-corrected chi connectivity index (χ3v) is 3.32. The zero-order valence-electron chi connectivity index (χ0n) is 9.54. The summed E-state index contributed by atoms with van der Waals surface area (Å²) in [6.07, 6.45) is 6.43. The van der Waals surface area contributed by atoms with Crippen molar-refractivity contribution in [2.45, 2.75) is 43.9 Å². The van der Waals surface area contributed by atoms with Gasteiger partial charge in [0.25, 0.3) is 0 Å². The summed E-state index contributed by atoms with van der Waals surface area (Å²) in [5.74, 6) is 0. The first-order chi connectivity index (χ1) is 7.33. The molecule has 0 N–H and O–H groups in total. The number of unbranched alkanes of at least 4 members (excludes halogenated alkanes) is 3. The van der Waals surface area contributed by atoms with E-state index < -0.39 is 0 Å². The molecule has 0 heterocycles. The van der Waals surface area contributed by atoms with Gasteiger partial charge in [-0.05, 0) is 29.9 Å². The van der Waals surface area contributed by atoms with E-state index in [1.807, 2.05) is 17.8 Å². The predicted molar refractivity (Wildman–Crippen MR) is 70.2 cm³/mol. The molecule has 1 aromatic carbocycles. The van der Waals surface area contributed by atoms with Crippen LogP contribution in [0.4, 0.5) is 0 Å². The Kier molecular flexibility index (Phi) is 6.26. The molecular weight excluding hydrogens is 200 g/mol. The molecule has 0 spiro atoms. The number of rotatable bonds is 7. The topological polar surface area (TPSA) is 0 Å². The number of allylic oxidation sites excluding steroid dienone is 1. The maximum absolute atomic E-state index is 4.11. The van der Waals surface area contributed by atoms with Gasteiger partial charge in [-0.2, -0.15) is 0 Å². The number of hydrogen-bond donors (Lipinski definition) is 0. The quantitative estimate of drug-likeness (QED) is 0.446. The van der Waals surface area contributed by atoms with E-state index >= 15 is 0 Å². The highest BCUT2D eigenvalue weighted by atomic mass is 32.2. The fraction of sp³-hybridized carbons (Fsp3) is 0.429. The molecule has 0 saturated carbocycles. The molecule has 1 aromatic rings. The predicted octanol–water partition coefficient (Wildman–Crippen LogP) is 5.26. The Labute approximate surface area is 97.8 Å². The Bertz CT molecular complexity index is 277. The van der Waals surface area contributed by atoms with E-state index in [9.17, 15) is 0 Å². The van der Waals surface area contributed by atoms with E-state index in [1.165, 1.54) is 35.5 Å². The number of thioether (sulfide) groups is 1. The first kappa shape index (κ1) is 12.4. The molecule has 0 unspecified atom stereocenters. The van der Waals surface area contributed by atoms with Crippen LogP contribution in [0.3, 0.4) is 0 Å². The summed E-state index contributed by atoms with van der Waals surface area (Å²) < 4.78 is 0. The van der Waals surface area contributed by atoms with Crippen LogP contribution in [0.1, 0.15) is 39.0 Å².